The van der Waals surface area contributed by atoms with Gasteiger partial charge < -0.3 is 0 Å². The molecule has 0 atom stereocenters. The number of unbranched alkanes of at least 4 members (excludes halogenated alkanes) is 5. The van der Waals surface area contributed by atoms with E-state index in [9.17, 15) is 43.9 Å². The molecule has 0 aliphatic heterocycles. The van der Waals surface area contributed by atoms with Crippen molar-refractivity contribution in [1.82, 2.24) is 0 Å². The van der Waals surface area contributed by atoms with E-state index in [-0.39, 0.29) is 11.1 Å². The maximum absolute atomic E-state index is 14.0. The highest BCUT2D eigenvalue weighted by atomic mass is 19.4. The fraction of sp³-hybridized carbons (Fsp3) is 0.228. The van der Waals surface area contributed by atoms with Crippen LogP contribution in [0.2, 0.25) is 0 Å². The van der Waals surface area contributed by atoms with Crippen LogP contribution in [0.15, 0.2) is 146 Å². The standard InChI is InChI=1S/C29H25F5.C28H23F5/c1-2-3-4-5-6-19-7-8-24-16-23(14-13-22(24)15-19)20-9-11-21(12-10-20)25-17-26(30)28(27(31)18-25)29(32,33)34;1-2-3-4-5-18-6-7-23-15-22(13-12-21(23)14-18)19-8-10-20(11-9-19)24-16-25(29)27(26(30)17-24)28(31,32)33/h7-18H,2-6H2,1H3;6-17H,2-5H2,1H3. The molecule has 0 radical (unpaired) electrons. The smallest absolute Gasteiger partial charge is 0.206 e. The van der Waals surface area contributed by atoms with Crippen LogP contribution in [0.4, 0.5) is 43.9 Å². The number of hydrogen-bond donors (Lipinski definition) is 0. The molecule has 67 heavy (non-hydrogen) atoms. The van der Waals surface area contributed by atoms with Crippen LogP contribution in [0, 0.1) is 23.3 Å². The van der Waals surface area contributed by atoms with Crippen molar-refractivity contribution in [2.24, 2.45) is 0 Å². The molecule has 0 saturated heterocycles. The molecule has 8 aromatic carbocycles. The Morgan fingerprint density at radius 2 is 0.582 bits per heavy atom. The van der Waals surface area contributed by atoms with E-state index >= 15 is 0 Å². The summed E-state index contributed by atoms with van der Waals surface area (Å²) in [6.45, 7) is 4.39. The van der Waals surface area contributed by atoms with Gasteiger partial charge in [-0.3, -0.25) is 0 Å². The third-order valence-corrected chi connectivity index (χ3v) is 12.0. The van der Waals surface area contributed by atoms with E-state index in [0.717, 1.165) is 70.1 Å². The van der Waals surface area contributed by atoms with Crippen LogP contribution >= 0.6 is 0 Å². The van der Waals surface area contributed by atoms with Crippen LogP contribution in [0.3, 0.4) is 0 Å². The Labute approximate surface area is 383 Å². The molecule has 0 fully saturated rings. The topological polar surface area (TPSA) is 0 Å². The van der Waals surface area contributed by atoms with Crippen molar-refractivity contribution < 1.29 is 43.9 Å². The van der Waals surface area contributed by atoms with Crippen molar-refractivity contribution in [2.45, 2.75) is 84.0 Å². The monoisotopic (exact) mass is 922 g/mol. The molecule has 8 rings (SSSR count). The summed E-state index contributed by atoms with van der Waals surface area (Å²) >= 11 is 0. The highest BCUT2D eigenvalue weighted by Crippen LogP contribution is 2.38. The van der Waals surface area contributed by atoms with Gasteiger partial charge in [-0.05, 0) is 139 Å². The molecule has 0 spiro atoms. The number of fused-ring (bicyclic) bond motifs is 2. The van der Waals surface area contributed by atoms with Gasteiger partial charge in [0.2, 0.25) is 0 Å². The summed E-state index contributed by atoms with van der Waals surface area (Å²) in [4.78, 5) is 0. The van der Waals surface area contributed by atoms with Gasteiger partial charge in [0.05, 0.1) is 0 Å². The lowest BCUT2D eigenvalue weighted by atomic mass is 9.96. The maximum Gasteiger partial charge on any atom is 0.422 e. The van der Waals surface area contributed by atoms with Gasteiger partial charge in [-0.25, -0.2) is 17.6 Å². The Bertz CT molecular complexity index is 2920. The SMILES string of the molecule is CCCCCCc1ccc2cc(-c3ccc(-c4cc(F)c(C(F)(F)F)c(F)c4)cc3)ccc2c1.CCCCCc1ccc2cc(-c3ccc(-c4cc(F)c(C(F)(F)F)c(F)c4)cc3)ccc2c1. The van der Waals surface area contributed by atoms with Crippen LogP contribution in [-0.2, 0) is 25.2 Å². The Kier molecular flexibility index (Phi) is 15.2. The minimum Gasteiger partial charge on any atom is -0.206 e. The molecule has 0 bridgehead atoms. The summed E-state index contributed by atoms with van der Waals surface area (Å²) in [5.74, 6) is -6.48. The molecule has 0 amide bonds. The van der Waals surface area contributed by atoms with Gasteiger partial charge in [0.1, 0.15) is 34.4 Å². The summed E-state index contributed by atoms with van der Waals surface area (Å²) in [7, 11) is 0. The predicted octanol–water partition coefficient (Wildman–Crippen LogP) is 18.8. The Morgan fingerprint density at radius 3 is 0.925 bits per heavy atom. The molecule has 0 aliphatic carbocycles. The largest absolute Gasteiger partial charge is 0.422 e. The second kappa shape index (κ2) is 21.0. The summed E-state index contributed by atoms with van der Waals surface area (Å²) in [5, 5.41) is 4.57. The van der Waals surface area contributed by atoms with Gasteiger partial charge in [-0.2, -0.15) is 26.3 Å². The molecular formula is C57H48F10. The van der Waals surface area contributed by atoms with Crippen molar-refractivity contribution in [3.63, 3.8) is 0 Å². The number of alkyl halides is 6. The lowest BCUT2D eigenvalue weighted by Crippen LogP contribution is -2.11. The fourth-order valence-electron chi connectivity index (χ4n) is 8.33. The highest BCUT2D eigenvalue weighted by Gasteiger charge is 2.39. The summed E-state index contributed by atoms with van der Waals surface area (Å²) in [5.41, 5.74) is 3.67. The second-order valence-electron chi connectivity index (χ2n) is 16.8. The van der Waals surface area contributed by atoms with E-state index in [1.807, 2.05) is 12.1 Å². The van der Waals surface area contributed by atoms with Gasteiger partial charge in [0, 0.05) is 0 Å². The van der Waals surface area contributed by atoms with E-state index in [0.29, 0.717) is 11.1 Å². The fourth-order valence-corrected chi connectivity index (χ4v) is 8.33. The molecule has 0 nitrogen and oxygen atoms in total. The first-order valence-electron chi connectivity index (χ1n) is 22.4. The van der Waals surface area contributed by atoms with Crippen molar-refractivity contribution in [1.29, 1.82) is 0 Å². The van der Waals surface area contributed by atoms with Gasteiger partial charge in [0.15, 0.2) is 0 Å². The quantitative estimate of drug-likeness (QED) is 0.0798. The molecule has 0 heterocycles. The number of benzene rings is 8. The molecule has 10 heteroatoms. The lowest BCUT2D eigenvalue weighted by molar-refractivity contribution is -0.143. The van der Waals surface area contributed by atoms with E-state index in [4.69, 9.17) is 0 Å². The predicted molar refractivity (Wildman–Crippen MR) is 251 cm³/mol. The summed E-state index contributed by atoms with van der Waals surface area (Å²) < 4.78 is 133. The lowest BCUT2D eigenvalue weighted by Gasteiger charge is -2.12. The third-order valence-electron chi connectivity index (χ3n) is 12.0. The Morgan fingerprint density at radius 1 is 0.299 bits per heavy atom. The van der Waals surface area contributed by atoms with E-state index < -0.39 is 46.7 Å². The number of hydrogen-bond acceptors (Lipinski definition) is 0. The molecule has 0 aliphatic rings. The number of halogens is 10. The molecular weight excluding hydrogens is 875 g/mol. The zero-order valence-electron chi connectivity index (χ0n) is 37.0. The van der Waals surface area contributed by atoms with Crippen molar-refractivity contribution in [3.05, 3.63) is 191 Å². The van der Waals surface area contributed by atoms with Crippen molar-refractivity contribution in [3.8, 4) is 44.5 Å². The van der Waals surface area contributed by atoms with Crippen LogP contribution in [0.25, 0.3) is 66.1 Å². The Balaban J connectivity index is 0.000000199. The van der Waals surface area contributed by atoms with Crippen LogP contribution in [0.1, 0.15) is 81.0 Å². The molecule has 0 N–H and O–H groups in total. The minimum absolute atomic E-state index is 0.0543. The average molecular weight is 923 g/mol. The van der Waals surface area contributed by atoms with Crippen LogP contribution in [0.5, 0.6) is 0 Å². The number of rotatable bonds is 13. The zero-order valence-corrected chi connectivity index (χ0v) is 37.0. The normalized spacial score (nSPS) is 11.8. The van der Waals surface area contributed by atoms with Gasteiger partial charge in [-0.1, -0.05) is 155 Å². The van der Waals surface area contributed by atoms with Crippen molar-refractivity contribution in [2.75, 3.05) is 0 Å². The first kappa shape index (κ1) is 48.5. The molecule has 0 unspecified atom stereocenters. The first-order valence-corrected chi connectivity index (χ1v) is 22.4. The molecule has 0 saturated carbocycles. The molecule has 8 aromatic rings. The Hall–Kier alpha value is -6.42. The zero-order chi connectivity index (χ0) is 47.9. The second-order valence-corrected chi connectivity index (χ2v) is 16.8. The van der Waals surface area contributed by atoms with Gasteiger partial charge >= 0.3 is 12.4 Å². The third kappa shape index (κ3) is 11.9. The minimum atomic E-state index is -5.08. The maximum atomic E-state index is 14.0. The average Bonchev–Trinajstić information content (AvgIpc) is 3.29. The van der Waals surface area contributed by atoms with Crippen LogP contribution in [-0.4, -0.2) is 0 Å². The molecule has 0 aromatic heterocycles. The van der Waals surface area contributed by atoms with E-state index in [1.54, 1.807) is 48.5 Å². The van der Waals surface area contributed by atoms with E-state index in [1.165, 1.54) is 66.8 Å². The van der Waals surface area contributed by atoms with Crippen molar-refractivity contribution >= 4 is 21.5 Å². The summed E-state index contributed by atoms with van der Waals surface area (Å²) in [6, 6.07) is 42.0. The highest BCUT2D eigenvalue weighted by molar-refractivity contribution is 5.89. The van der Waals surface area contributed by atoms with E-state index in [2.05, 4.69) is 74.5 Å². The number of aryl methyl sites for hydroxylation is 2. The van der Waals surface area contributed by atoms with Crippen LogP contribution < -0.4 is 0 Å². The summed E-state index contributed by atoms with van der Waals surface area (Å²) in [6.07, 6.45) is 0.494. The van der Waals surface area contributed by atoms with Gasteiger partial charge in [-0.15, -0.1) is 0 Å². The molecule has 346 valence electrons. The first-order chi connectivity index (χ1) is 32.0. The van der Waals surface area contributed by atoms with Gasteiger partial charge in [0.25, 0.3) is 0 Å².